The van der Waals surface area contributed by atoms with Gasteiger partial charge in [0.25, 0.3) is 0 Å². The highest BCUT2D eigenvalue weighted by molar-refractivity contribution is 6.74. The lowest BCUT2D eigenvalue weighted by Gasteiger charge is -2.42. The first-order chi connectivity index (χ1) is 7.67. The van der Waals surface area contributed by atoms with E-state index < -0.39 is 8.32 Å². The molecule has 1 aliphatic heterocycles. The van der Waals surface area contributed by atoms with Crippen molar-refractivity contribution in [2.75, 3.05) is 6.61 Å². The predicted octanol–water partition coefficient (Wildman–Crippen LogP) is 3.00. The first kappa shape index (κ1) is 14.9. The molecule has 0 unspecified atom stereocenters. The first-order valence-electron chi connectivity index (χ1n) is 6.42. The zero-order chi connectivity index (χ0) is 13.3. The molecule has 1 saturated heterocycles. The molecule has 100 valence electrons. The number of hydrogen-bond donors (Lipinski definition) is 0. The fourth-order valence-corrected chi connectivity index (χ4v) is 3.12. The third-order valence-electron chi connectivity index (χ3n) is 3.96. The van der Waals surface area contributed by atoms with Crippen molar-refractivity contribution < 1.29 is 14.0 Å². The Balaban J connectivity index is 2.73. The van der Waals surface area contributed by atoms with Gasteiger partial charge in [0.15, 0.2) is 14.6 Å². The summed E-state index contributed by atoms with van der Waals surface area (Å²) in [4.78, 5) is 11.0. The van der Waals surface area contributed by atoms with Crippen molar-refractivity contribution in [1.29, 1.82) is 0 Å². The molecule has 0 radical (unpaired) electrons. The Bertz CT molecular complexity index is 270. The van der Waals surface area contributed by atoms with Gasteiger partial charge in [-0.15, -0.1) is 0 Å². The lowest BCUT2D eigenvalue weighted by atomic mass is 9.98. The van der Waals surface area contributed by atoms with Crippen LogP contribution < -0.4 is 0 Å². The molecule has 0 saturated carbocycles. The summed E-state index contributed by atoms with van der Waals surface area (Å²) in [6, 6.07) is 0. The SMILES string of the molecule is C[C@@H]1CO[C@@H](C=O)[C@H](O[Si](C)(C)C(C)(C)C)C1. The molecule has 1 heterocycles. The predicted molar refractivity (Wildman–Crippen MR) is 71.7 cm³/mol. The molecule has 3 nitrogen and oxygen atoms in total. The summed E-state index contributed by atoms with van der Waals surface area (Å²) in [6.45, 7) is 13.9. The van der Waals surface area contributed by atoms with E-state index in [9.17, 15) is 4.79 Å². The molecular weight excluding hydrogens is 232 g/mol. The minimum atomic E-state index is -1.82. The smallest absolute Gasteiger partial charge is 0.192 e. The second kappa shape index (κ2) is 5.20. The van der Waals surface area contributed by atoms with Gasteiger partial charge in [-0.05, 0) is 30.5 Å². The molecule has 1 aliphatic rings. The molecule has 1 rings (SSSR count). The van der Waals surface area contributed by atoms with Gasteiger partial charge in [0.1, 0.15) is 6.10 Å². The van der Waals surface area contributed by atoms with Crippen LogP contribution in [0.3, 0.4) is 0 Å². The van der Waals surface area contributed by atoms with Gasteiger partial charge in [0, 0.05) is 0 Å². The molecular formula is C13H26O3Si. The third-order valence-corrected chi connectivity index (χ3v) is 8.46. The van der Waals surface area contributed by atoms with E-state index in [1.807, 2.05) is 0 Å². The summed E-state index contributed by atoms with van der Waals surface area (Å²) < 4.78 is 11.8. The number of ether oxygens (including phenoxy) is 1. The van der Waals surface area contributed by atoms with Gasteiger partial charge in [0.05, 0.1) is 12.7 Å². The van der Waals surface area contributed by atoms with Crippen LogP contribution in [0, 0.1) is 5.92 Å². The topological polar surface area (TPSA) is 35.5 Å². The van der Waals surface area contributed by atoms with Crippen molar-refractivity contribution in [3.05, 3.63) is 0 Å². The van der Waals surface area contributed by atoms with Crippen molar-refractivity contribution in [3.8, 4) is 0 Å². The second-order valence-corrected chi connectivity index (χ2v) is 11.4. The lowest BCUT2D eigenvalue weighted by Crippen LogP contribution is -2.50. The number of rotatable bonds is 3. The van der Waals surface area contributed by atoms with Gasteiger partial charge in [-0.3, -0.25) is 0 Å². The molecule has 0 spiro atoms. The Hall–Kier alpha value is -0.193. The van der Waals surface area contributed by atoms with Crippen LogP contribution in [-0.4, -0.2) is 33.4 Å². The summed E-state index contributed by atoms with van der Waals surface area (Å²) in [5.74, 6) is 0.473. The minimum Gasteiger partial charge on any atom is -0.411 e. The van der Waals surface area contributed by atoms with Crippen LogP contribution in [0.15, 0.2) is 0 Å². The van der Waals surface area contributed by atoms with Gasteiger partial charge in [-0.1, -0.05) is 27.7 Å². The highest BCUT2D eigenvalue weighted by Crippen LogP contribution is 2.39. The van der Waals surface area contributed by atoms with E-state index in [2.05, 4.69) is 40.8 Å². The quantitative estimate of drug-likeness (QED) is 0.576. The second-order valence-electron chi connectivity index (χ2n) is 6.69. The number of carbonyl (C=O) groups is 1. The molecule has 0 aromatic carbocycles. The van der Waals surface area contributed by atoms with Crippen LogP contribution in [0.4, 0.5) is 0 Å². The van der Waals surface area contributed by atoms with Crippen molar-refractivity contribution in [2.24, 2.45) is 5.92 Å². The maximum atomic E-state index is 11.0. The Morgan fingerprint density at radius 3 is 2.41 bits per heavy atom. The van der Waals surface area contributed by atoms with E-state index in [-0.39, 0.29) is 17.2 Å². The number of carbonyl (C=O) groups excluding carboxylic acids is 1. The van der Waals surface area contributed by atoms with Gasteiger partial charge < -0.3 is 14.0 Å². The Kier molecular flexibility index (Phi) is 4.55. The molecule has 0 aliphatic carbocycles. The van der Waals surface area contributed by atoms with Crippen molar-refractivity contribution >= 4 is 14.6 Å². The summed E-state index contributed by atoms with van der Waals surface area (Å²) in [5.41, 5.74) is 0. The molecule has 4 heteroatoms. The number of aldehydes is 1. The van der Waals surface area contributed by atoms with Gasteiger partial charge in [-0.25, -0.2) is 0 Å². The average molecular weight is 258 g/mol. The lowest BCUT2D eigenvalue weighted by molar-refractivity contribution is -0.134. The summed E-state index contributed by atoms with van der Waals surface area (Å²) >= 11 is 0. The van der Waals surface area contributed by atoms with Gasteiger partial charge in [-0.2, -0.15) is 0 Å². The highest BCUT2D eigenvalue weighted by Gasteiger charge is 2.42. The van der Waals surface area contributed by atoms with Gasteiger partial charge >= 0.3 is 0 Å². The first-order valence-corrected chi connectivity index (χ1v) is 9.33. The van der Waals surface area contributed by atoms with Crippen molar-refractivity contribution in [3.63, 3.8) is 0 Å². The normalized spacial score (nSPS) is 31.3. The maximum Gasteiger partial charge on any atom is 0.192 e. The molecule has 0 N–H and O–H groups in total. The molecule has 0 amide bonds. The minimum absolute atomic E-state index is 0.0582. The summed E-state index contributed by atoms with van der Waals surface area (Å²) in [7, 11) is -1.82. The van der Waals surface area contributed by atoms with Crippen LogP contribution in [0.5, 0.6) is 0 Å². The van der Waals surface area contributed by atoms with E-state index in [1.165, 1.54) is 0 Å². The van der Waals surface area contributed by atoms with Crippen LogP contribution in [-0.2, 0) is 14.0 Å². The van der Waals surface area contributed by atoms with Crippen molar-refractivity contribution in [2.45, 2.75) is 64.5 Å². The Morgan fingerprint density at radius 2 is 1.94 bits per heavy atom. The molecule has 0 aromatic rings. The van der Waals surface area contributed by atoms with Crippen LogP contribution in [0.25, 0.3) is 0 Å². The Morgan fingerprint density at radius 1 is 1.35 bits per heavy atom. The number of hydrogen-bond acceptors (Lipinski definition) is 3. The summed E-state index contributed by atoms with van der Waals surface area (Å²) in [5, 5.41) is 0.168. The van der Waals surface area contributed by atoms with Gasteiger partial charge in [0.2, 0.25) is 0 Å². The molecule has 17 heavy (non-hydrogen) atoms. The monoisotopic (exact) mass is 258 g/mol. The summed E-state index contributed by atoms with van der Waals surface area (Å²) in [6.07, 6.45) is 1.39. The van der Waals surface area contributed by atoms with Crippen LogP contribution >= 0.6 is 0 Å². The fraction of sp³-hybridized carbons (Fsp3) is 0.923. The van der Waals surface area contributed by atoms with E-state index >= 15 is 0 Å². The molecule has 1 fully saturated rings. The van der Waals surface area contributed by atoms with E-state index in [0.29, 0.717) is 12.5 Å². The fourth-order valence-electron chi connectivity index (χ4n) is 1.78. The Labute approximate surface area is 106 Å². The molecule has 3 atom stereocenters. The molecule has 0 bridgehead atoms. The van der Waals surface area contributed by atoms with Crippen molar-refractivity contribution in [1.82, 2.24) is 0 Å². The standard InChI is InChI=1S/C13H26O3Si/c1-10-7-11(12(8-14)15-9-10)16-17(5,6)13(2,3)4/h8,10-12H,7,9H2,1-6H3/t10-,11+,12-/m0/s1. The highest BCUT2D eigenvalue weighted by atomic mass is 28.4. The third kappa shape index (κ3) is 3.63. The largest absolute Gasteiger partial charge is 0.411 e. The van der Waals surface area contributed by atoms with E-state index in [0.717, 1.165) is 12.7 Å². The average Bonchev–Trinajstić information content (AvgIpc) is 2.15. The zero-order valence-electron chi connectivity index (χ0n) is 11.9. The van der Waals surface area contributed by atoms with Crippen LogP contribution in [0.1, 0.15) is 34.1 Å². The van der Waals surface area contributed by atoms with E-state index in [1.54, 1.807) is 0 Å². The zero-order valence-corrected chi connectivity index (χ0v) is 12.9. The van der Waals surface area contributed by atoms with Crippen LogP contribution in [0.2, 0.25) is 18.1 Å². The maximum absolute atomic E-state index is 11.0. The molecule has 0 aromatic heterocycles. The van der Waals surface area contributed by atoms with E-state index in [4.69, 9.17) is 9.16 Å².